The van der Waals surface area contributed by atoms with Gasteiger partial charge in [0.1, 0.15) is 18.8 Å². The summed E-state index contributed by atoms with van der Waals surface area (Å²) in [6.45, 7) is 7.93. The van der Waals surface area contributed by atoms with E-state index in [1.165, 1.54) is 0 Å². The van der Waals surface area contributed by atoms with Crippen molar-refractivity contribution in [3.63, 3.8) is 0 Å². The van der Waals surface area contributed by atoms with E-state index in [1.807, 2.05) is 118 Å². The number of nitrogens with one attached hydrogen (secondary N) is 2. The Hall–Kier alpha value is -4.93. The predicted octanol–water partition coefficient (Wildman–Crippen LogP) is 8.73. The lowest BCUT2D eigenvalue weighted by atomic mass is 9.98. The predicted molar refractivity (Wildman–Crippen MR) is 207 cm³/mol. The van der Waals surface area contributed by atoms with Crippen LogP contribution in [0.25, 0.3) is 0 Å². The number of anilines is 1. The number of halogens is 2. The summed E-state index contributed by atoms with van der Waals surface area (Å²) >= 11 is 13.9. The summed E-state index contributed by atoms with van der Waals surface area (Å²) in [5.41, 5.74) is 4.71. The van der Waals surface area contributed by atoms with Crippen molar-refractivity contribution in [2.24, 2.45) is 0 Å². The number of alkyl carbamates (subject to hydrolysis) is 2. The normalized spacial score (nSPS) is 14.3. The molecule has 4 aromatic rings. The highest BCUT2D eigenvalue weighted by Gasteiger charge is 2.35. The van der Waals surface area contributed by atoms with Gasteiger partial charge >= 0.3 is 18.3 Å². The summed E-state index contributed by atoms with van der Waals surface area (Å²) < 4.78 is 16.3. The van der Waals surface area contributed by atoms with Crippen LogP contribution in [0.4, 0.5) is 20.1 Å². The van der Waals surface area contributed by atoms with E-state index >= 15 is 0 Å². The first kappa shape index (κ1) is 39.3. The average Bonchev–Trinajstić information content (AvgIpc) is 3.13. The van der Waals surface area contributed by atoms with E-state index in [2.05, 4.69) is 15.5 Å². The Labute approximate surface area is 321 Å². The molecule has 1 unspecified atom stereocenters. The van der Waals surface area contributed by atoms with Crippen molar-refractivity contribution in [1.29, 1.82) is 0 Å². The monoisotopic (exact) mass is 760 g/mol. The Bertz CT molecular complexity index is 1840. The van der Waals surface area contributed by atoms with Crippen molar-refractivity contribution < 1.29 is 28.6 Å². The minimum absolute atomic E-state index is 0.196. The zero-order valence-electron chi connectivity index (χ0n) is 30.3. The van der Waals surface area contributed by atoms with E-state index in [-0.39, 0.29) is 19.3 Å². The van der Waals surface area contributed by atoms with Crippen LogP contribution in [0.5, 0.6) is 0 Å². The second-order valence-electron chi connectivity index (χ2n) is 13.8. The molecule has 3 amide bonds. The molecule has 1 aliphatic rings. The molecule has 5 rings (SSSR count). The summed E-state index contributed by atoms with van der Waals surface area (Å²) in [6, 6.07) is 30.4. The molecule has 4 aromatic carbocycles. The SMILES string of the molecule is CC(C)(C)OC(=O)N1CCN(c2ccc(CCNC(=O)OCc3ccccc3)cc2Cl)C(c2ccc(CCNC(=O)OCc3ccccc3)cc2Cl)C1. The van der Waals surface area contributed by atoms with Crippen LogP contribution in [0.15, 0.2) is 97.1 Å². The highest BCUT2D eigenvalue weighted by Crippen LogP contribution is 2.38. The smallest absolute Gasteiger partial charge is 0.410 e. The summed E-state index contributed by atoms with van der Waals surface area (Å²) in [5.74, 6) is 0. The van der Waals surface area contributed by atoms with E-state index in [0.717, 1.165) is 33.5 Å². The van der Waals surface area contributed by atoms with Crippen molar-refractivity contribution in [3.8, 4) is 0 Å². The van der Waals surface area contributed by atoms with Gasteiger partial charge in [-0.05, 0) is 79.6 Å². The van der Waals surface area contributed by atoms with Crippen LogP contribution in [0.2, 0.25) is 10.0 Å². The molecule has 2 N–H and O–H groups in total. The Morgan fingerprint density at radius 1 is 0.698 bits per heavy atom. The van der Waals surface area contributed by atoms with Crippen LogP contribution in [0.1, 0.15) is 54.6 Å². The first-order chi connectivity index (χ1) is 25.4. The van der Waals surface area contributed by atoms with E-state index in [0.29, 0.717) is 55.6 Å². The molecular weight excluding hydrogens is 715 g/mol. The number of benzene rings is 4. The molecular formula is C41H46Cl2N4O6. The van der Waals surface area contributed by atoms with Gasteiger partial charge < -0.3 is 34.6 Å². The van der Waals surface area contributed by atoms with Crippen LogP contribution in [0.3, 0.4) is 0 Å². The molecule has 0 saturated carbocycles. The molecule has 0 aromatic heterocycles. The van der Waals surface area contributed by atoms with Gasteiger partial charge in [0.2, 0.25) is 0 Å². The number of hydrogen-bond acceptors (Lipinski definition) is 7. The number of carbonyl (C=O) groups is 3. The van der Waals surface area contributed by atoms with Crippen molar-refractivity contribution in [3.05, 3.63) is 135 Å². The third-order valence-corrected chi connectivity index (χ3v) is 9.20. The Balaban J connectivity index is 1.23. The molecule has 1 atom stereocenters. The summed E-state index contributed by atoms with van der Waals surface area (Å²) in [6.07, 6.45) is -0.258. The largest absolute Gasteiger partial charge is 0.445 e. The zero-order chi connectivity index (χ0) is 37.8. The lowest BCUT2D eigenvalue weighted by molar-refractivity contribution is 0.0214. The fraction of sp³-hybridized carbons (Fsp3) is 0.341. The van der Waals surface area contributed by atoms with Gasteiger partial charge in [0.25, 0.3) is 0 Å². The molecule has 0 bridgehead atoms. The van der Waals surface area contributed by atoms with E-state index < -0.39 is 23.9 Å². The number of hydrogen-bond donors (Lipinski definition) is 2. The first-order valence-corrected chi connectivity index (χ1v) is 18.4. The Kier molecular flexibility index (Phi) is 13.9. The summed E-state index contributed by atoms with van der Waals surface area (Å²) in [4.78, 5) is 41.5. The quantitative estimate of drug-likeness (QED) is 0.139. The Morgan fingerprint density at radius 2 is 1.23 bits per heavy atom. The van der Waals surface area contributed by atoms with Gasteiger partial charge in [-0.1, -0.05) is 102 Å². The van der Waals surface area contributed by atoms with E-state index in [1.54, 1.807) is 4.90 Å². The van der Waals surface area contributed by atoms with Crippen molar-refractivity contribution in [2.75, 3.05) is 37.6 Å². The van der Waals surface area contributed by atoms with Crippen LogP contribution in [0, 0.1) is 0 Å². The molecule has 1 saturated heterocycles. The first-order valence-electron chi connectivity index (χ1n) is 17.7. The molecule has 1 heterocycles. The van der Waals surface area contributed by atoms with Gasteiger partial charge in [0.15, 0.2) is 0 Å². The summed E-state index contributed by atoms with van der Waals surface area (Å²) in [7, 11) is 0. The maximum absolute atomic E-state index is 13.2. The van der Waals surface area contributed by atoms with Crippen LogP contribution >= 0.6 is 23.2 Å². The number of rotatable bonds is 12. The van der Waals surface area contributed by atoms with Gasteiger partial charge in [-0.3, -0.25) is 0 Å². The number of carbonyl (C=O) groups excluding carboxylic acids is 3. The number of piperazine rings is 1. The molecule has 0 aliphatic carbocycles. The van der Waals surface area contributed by atoms with Gasteiger partial charge in [-0.25, -0.2) is 14.4 Å². The average molecular weight is 762 g/mol. The zero-order valence-corrected chi connectivity index (χ0v) is 31.8. The topological polar surface area (TPSA) is 109 Å². The van der Waals surface area contributed by atoms with Crippen LogP contribution in [-0.4, -0.2) is 61.5 Å². The molecule has 1 fully saturated rings. The number of amides is 3. The molecule has 10 nitrogen and oxygen atoms in total. The Morgan fingerprint density at radius 3 is 1.74 bits per heavy atom. The van der Waals surface area contributed by atoms with Crippen molar-refractivity contribution >= 4 is 47.2 Å². The number of nitrogens with zero attached hydrogens (tertiary/aromatic N) is 2. The van der Waals surface area contributed by atoms with Crippen molar-refractivity contribution in [2.45, 2.75) is 58.5 Å². The van der Waals surface area contributed by atoms with Gasteiger partial charge in [-0.2, -0.15) is 0 Å². The molecule has 1 aliphatic heterocycles. The van der Waals surface area contributed by atoms with Gasteiger partial charge in [0.05, 0.1) is 16.8 Å². The molecule has 12 heteroatoms. The fourth-order valence-corrected chi connectivity index (χ4v) is 6.57. The minimum atomic E-state index is -0.641. The van der Waals surface area contributed by atoms with Crippen LogP contribution in [-0.2, 0) is 40.3 Å². The highest BCUT2D eigenvalue weighted by molar-refractivity contribution is 6.33. The maximum atomic E-state index is 13.2. The second-order valence-corrected chi connectivity index (χ2v) is 14.6. The molecule has 0 radical (unpaired) electrons. The lowest BCUT2D eigenvalue weighted by Gasteiger charge is -2.43. The molecule has 0 spiro atoms. The third-order valence-electron chi connectivity index (χ3n) is 8.57. The fourth-order valence-electron chi connectivity index (χ4n) is 5.93. The van der Waals surface area contributed by atoms with Crippen molar-refractivity contribution in [1.82, 2.24) is 15.5 Å². The minimum Gasteiger partial charge on any atom is -0.445 e. The second kappa shape index (κ2) is 18.7. The summed E-state index contributed by atoms with van der Waals surface area (Å²) in [5, 5.41) is 6.67. The van der Waals surface area contributed by atoms with E-state index in [9.17, 15) is 14.4 Å². The maximum Gasteiger partial charge on any atom is 0.410 e. The number of ether oxygens (including phenoxy) is 3. The molecule has 280 valence electrons. The highest BCUT2D eigenvalue weighted by atomic mass is 35.5. The lowest BCUT2D eigenvalue weighted by Crippen LogP contribution is -2.51. The standard InChI is InChI=1S/C41H46Cl2N4O6/c1-41(2,3)53-40(50)46-22-23-47(36-17-15-30(25-35(36)43)19-21-45-39(49)52-28-32-12-8-5-9-13-32)37(26-46)33-16-14-29(24-34(33)42)18-20-44-38(48)51-27-31-10-6-4-7-11-31/h4-17,24-25,37H,18-23,26-28H2,1-3H3,(H,44,48)(H,45,49). The van der Waals surface area contributed by atoms with E-state index in [4.69, 9.17) is 37.4 Å². The van der Waals surface area contributed by atoms with Gasteiger partial charge in [0, 0.05) is 37.7 Å². The third kappa shape index (κ3) is 12.1. The van der Waals surface area contributed by atoms with Crippen LogP contribution < -0.4 is 15.5 Å². The molecule has 53 heavy (non-hydrogen) atoms. The van der Waals surface area contributed by atoms with Gasteiger partial charge in [-0.15, -0.1) is 0 Å².